The fourth-order valence-electron chi connectivity index (χ4n) is 2.75. The summed E-state index contributed by atoms with van der Waals surface area (Å²) < 4.78 is 0. The monoisotopic (exact) mass is 242 g/mol. The molecule has 3 rings (SSSR count). The number of fused-ring (bicyclic) bond motifs is 1. The molecule has 1 aliphatic heterocycles. The Labute approximate surface area is 106 Å². The van der Waals surface area contributed by atoms with Crippen molar-refractivity contribution in [2.75, 3.05) is 6.54 Å². The zero-order valence-corrected chi connectivity index (χ0v) is 10.8. The zero-order chi connectivity index (χ0) is 12.7. The van der Waals surface area contributed by atoms with Crippen LogP contribution in [0.2, 0.25) is 0 Å². The minimum absolute atomic E-state index is 0.0515. The van der Waals surface area contributed by atoms with Crippen LogP contribution in [0.15, 0.2) is 23.0 Å². The van der Waals surface area contributed by atoms with Gasteiger partial charge in [0.1, 0.15) is 0 Å². The molecule has 1 aliphatic rings. The third-order valence-electron chi connectivity index (χ3n) is 4.02. The normalized spacial score (nSPS) is 19.6. The van der Waals surface area contributed by atoms with Crippen LogP contribution in [0, 0.1) is 13.8 Å². The van der Waals surface area contributed by atoms with Crippen molar-refractivity contribution in [3.8, 4) is 0 Å². The molecule has 1 atom stereocenters. The summed E-state index contributed by atoms with van der Waals surface area (Å²) >= 11 is 0. The molecule has 0 amide bonds. The Balaban J connectivity index is 2.21. The van der Waals surface area contributed by atoms with Crippen molar-refractivity contribution in [2.24, 2.45) is 0 Å². The SMILES string of the molecule is Cc1ccc2cc(C3CCCN3)c(=O)[nH]c2c1C. The Kier molecular flexibility index (Phi) is 2.71. The highest BCUT2D eigenvalue weighted by Crippen LogP contribution is 2.24. The van der Waals surface area contributed by atoms with Crippen LogP contribution < -0.4 is 10.9 Å². The molecular weight excluding hydrogens is 224 g/mol. The summed E-state index contributed by atoms with van der Waals surface area (Å²) in [5.74, 6) is 0. The molecule has 18 heavy (non-hydrogen) atoms. The smallest absolute Gasteiger partial charge is 0.253 e. The predicted octanol–water partition coefficient (Wildman–Crippen LogP) is 2.57. The number of hydrogen-bond acceptors (Lipinski definition) is 2. The topological polar surface area (TPSA) is 44.9 Å². The van der Waals surface area contributed by atoms with Gasteiger partial charge in [-0.25, -0.2) is 0 Å². The van der Waals surface area contributed by atoms with Gasteiger partial charge in [-0.3, -0.25) is 4.79 Å². The van der Waals surface area contributed by atoms with Gasteiger partial charge in [0.2, 0.25) is 0 Å². The first-order valence-electron chi connectivity index (χ1n) is 6.53. The molecular formula is C15H18N2O. The minimum Gasteiger partial charge on any atom is -0.321 e. The second-order valence-corrected chi connectivity index (χ2v) is 5.17. The Hall–Kier alpha value is -1.61. The second kappa shape index (κ2) is 4.25. The van der Waals surface area contributed by atoms with Gasteiger partial charge < -0.3 is 10.3 Å². The minimum atomic E-state index is 0.0515. The molecule has 3 heteroatoms. The van der Waals surface area contributed by atoms with Gasteiger partial charge in [0.25, 0.3) is 5.56 Å². The molecule has 2 aromatic rings. The zero-order valence-electron chi connectivity index (χ0n) is 10.8. The first-order valence-corrected chi connectivity index (χ1v) is 6.53. The van der Waals surface area contributed by atoms with Gasteiger partial charge in [-0.05, 0) is 55.8 Å². The van der Waals surface area contributed by atoms with E-state index in [0.29, 0.717) is 0 Å². The summed E-state index contributed by atoms with van der Waals surface area (Å²) in [6.45, 7) is 5.13. The van der Waals surface area contributed by atoms with Crippen molar-refractivity contribution in [1.29, 1.82) is 0 Å². The summed E-state index contributed by atoms with van der Waals surface area (Å²) in [5, 5.41) is 4.51. The number of benzene rings is 1. The van der Waals surface area contributed by atoms with E-state index in [4.69, 9.17) is 0 Å². The van der Waals surface area contributed by atoms with E-state index >= 15 is 0 Å². The van der Waals surface area contributed by atoms with Crippen molar-refractivity contribution in [3.05, 3.63) is 45.2 Å². The van der Waals surface area contributed by atoms with Crippen molar-refractivity contribution in [3.63, 3.8) is 0 Å². The first-order chi connectivity index (χ1) is 8.66. The summed E-state index contributed by atoms with van der Waals surface area (Å²) in [5.41, 5.74) is 4.28. The van der Waals surface area contributed by atoms with E-state index in [1.165, 1.54) is 5.56 Å². The van der Waals surface area contributed by atoms with Gasteiger partial charge in [0.15, 0.2) is 0 Å². The highest BCUT2D eigenvalue weighted by Gasteiger charge is 2.19. The third-order valence-corrected chi connectivity index (χ3v) is 4.02. The molecule has 0 bridgehead atoms. The molecule has 0 saturated carbocycles. The summed E-state index contributed by atoms with van der Waals surface area (Å²) in [6.07, 6.45) is 2.20. The first kappa shape index (κ1) is 11.5. The average Bonchev–Trinajstić information content (AvgIpc) is 2.88. The fraction of sp³-hybridized carbons (Fsp3) is 0.400. The number of rotatable bonds is 1. The molecule has 1 aromatic heterocycles. The van der Waals surface area contributed by atoms with Crippen LogP contribution in [0.1, 0.15) is 35.6 Å². The maximum Gasteiger partial charge on any atom is 0.253 e. The molecule has 1 saturated heterocycles. The van der Waals surface area contributed by atoms with Crippen LogP contribution in [0.3, 0.4) is 0 Å². The summed E-state index contributed by atoms with van der Waals surface area (Å²) in [7, 11) is 0. The van der Waals surface area contributed by atoms with Gasteiger partial charge >= 0.3 is 0 Å². The number of hydrogen-bond donors (Lipinski definition) is 2. The van der Waals surface area contributed by atoms with E-state index in [0.717, 1.165) is 41.4 Å². The lowest BCUT2D eigenvalue weighted by Crippen LogP contribution is -2.22. The highest BCUT2D eigenvalue weighted by atomic mass is 16.1. The van der Waals surface area contributed by atoms with Gasteiger partial charge in [-0.15, -0.1) is 0 Å². The number of aromatic nitrogens is 1. The van der Waals surface area contributed by atoms with Gasteiger partial charge in [-0.1, -0.05) is 12.1 Å². The van der Waals surface area contributed by atoms with Crippen LogP contribution in [0.4, 0.5) is 0 Å². The molecule has 0 aliphatic carbocycles. The maximum absolute atomic E-state index is 12.2. The lowest BCUT2D eigenvalue weighted by molar-refractivity contribution is 0.641. The van der Waals surface area contributed by atoms with Crippen molar-refractivity contribution in [1.82, 2.24) is 10.3 Å². The summed E-state index contributed by atoms with van der Waals surface area (Å²) in [4.78, 5) is 15.2. The largest absolute Gasteiger partial charge is 0.321 e. The van der Waals surface area contributed by atoms with E-state index in [2.05, 4.69) is 36.3 Å². The van der Waals surface area contributed by atoms with Crippen LogP contribution in [-0.4, -0.2) is 11.5 Å². The van der Waals surface area contributed by atoms with Crippen LogP contribution >= 0.6 is 0 Å². The predicted molar refractivity (Wildman–Crippen MR) is 74.0 cm³/mol. The molecule has 94 valence electrons. The van der Waals surface area contributed by atoms with Crippen LogP contribution in [0.25, 0.3) is 10.9 Å². The van der Waals surface area contributed by atoms with Crippen LogP contribution in [0.5, 0.6) is 0 Å². The lowest BCUT2D eigenvalue weighted by Gasteiger charge is -2.12. The third kappa shape index (κ3) is 1.75. The van der Waals surface area contributed by atoms with Crippen molar-refractivity contribution in [2.45, 2.75) is 32.7 Å². The Bertz CT molecular complexity index is 651. The van der Waals surface area contributed by atoms with Crippen LogP contribution in [-0.2, 0) is 0 Å². The van der Waals surface area contributed by atoms with Crippen molar-refractivity contribution < 1.29 is 0 Å². The number of aryl methyl sites for hydroxylation is 2. The molecule has 0 radical (unpaired) electrons. The second-order valence-electron chi connectivity index (χ2n) is 5.17. The van der Waals surface area contributed by atoms with Gasteiger partial charge in [-0.2, -0.15) is 0 Å². The van der Waals surface area contributed by atoms with E-state index in [1.54, 1.807) is 0 Å². The number of nitrogens with one attached hydrogen (secondary N) is 2. The maximum atomic E-state index is 12.2. The van der Waals surface area contributed by atoms with E-state index < -0.39 is 0 Å². The van der Waals surface area contributed by atoms with Gasteiger partial charge in [0, 0.05) is 11.6 Å². The number of aromatic amines is 1. The molecule has 0 spiro atoms. The molecule has 3 nitrogen and oxygen atoms in total. The van der Waals surface area contributed by atoms with E-state index in [-0.39, 0.29) is 11.6 Å². The number of pyridine rings is 1. The quantitative estimate of drug-likeness (QED) is 0.807. The summed E-state index contributed by atoms with van der Waals surface area (Å²) in [6, 6.07) is 6.47. The lowest BCUT2D eigenvalue weighted by atomic mass is 10.0. The standard InChI is InChI=1S/C15H18N2O/c1-9-5-6-11-8-12(13-4-3-7-16-13)15(18)17-14(11)10(9)2/h5-6,8,13,16H,3-4,7H2,1-2H3,(H,17,18). The molecule has 1 fully saturated rings. The molecule has 1 aromatic carbocycles. The van der Waals surface area contributed by atoms with E-state index in [1.807, 2.05) is 6.07 Å². The van der Waals surface area contributed by atoms with Crippen molar-refractivity contribution >= 4 is 10.9 Å². The molecule has 2 N–H and O–H groups in total. The number of H-pyrrole nitrogens is 1. The fourth-order valence-corrected chi connectivity index (χ4v) is 2.75. The Morgan fingerprint density at radius 3 is 2.83 bits per heavy atom. The van der Waals surface area contributed by atoms with Gasteiger partial charge in [0.05, 0.1) is 5.52 Å². The average molecular weight is 242 g/mol. The molecule has 1 unspecified atom stereocenters. The van der Waals surface area contributed by atoms with E-state index in [9.17, 15) is 4.79 Å². The highest BCUT2D eigenvalue weighted by molar-refractivity contribution is 5.83. The Morgan fingerprint density at radius 1 is 1.28 bits per heavy atom. The Morgan fingerprint density at radius 2 is 2.11 bits per heavy atom. The molecule has 2 heterocycles.